The largest absolute Gasteiger partial charge is 0.492 e. The van der Waals surface area contributed by atoms with Crippen molar-refractivity contribution in [3.05, 3.63) is 22.2 Å². The Morgan fingerprint density at radius 2 is 1.76 bits per heavy atom. The summed E-state index contributed by atoms with van der Waals surface area (Å²) in [5.41, 5.74) is 0.282. The highest BCUT2D eigenvalue weighted by Gasteiger charge is 2.22. The first-order valence-electron chi connectivity index (χ1n) is 8.21. The number of hydrogen-bond donors (Lipinski definition) is 0. The molecule has 6 nitrogen and oxygen atoms in total. The Kier molecular flexibility index (Phi) is 8.22. The van der Waals surface area contributed by atoms with Crippen LogP contribution in [0, 0.1) is 0 Å². The van der Waals surface area contributed by atoms with Crippen molar-refractivity contribution in [1.29, 1.82) is 0 Å². The number of rotatable bonds is 8. The molecule has 25 heavy (non-hydrogen) atoms. The maximum absolute atomic E-state index is 12.3. The number of carbonyl (C=O) groups excluding carboxylic acids is 2. The minimum Gasteiger partial charge on any atom is -0.492 e. The van der Waals surface area contributed by atoms with Crippen LogP contribution in [0.2, 0.25) is 0 Å². The molecule has 0 aliphatic carbocycles. The zero-order chi connectivity index (χ0) is 19.1. The van der Waals surface area contributed by atoms with Gasteiger partial charge in [0.15, 0.2) is 18.1 Å². The lowest BCUT2D eigenvalue weighted by molar-refractivity contribution is -0.138. The predicted octanol–water partition coefficient (Wildman–Crippen LogP) is 3.66. The van der Waals surface area contributed by atoms with Gasteiger partial charge in [0.25, 0.3) is 5.91 Å². The summed E-state index contributed by atoms with van der Waals surface area (Å²) in [5.74, 6) is 0.116. The number of nitrogens with zero attached hydrogens (tertiary/aromatic N) is 1. The summed E-state index contributed by atoms with van der Waals surface area (Å²) >= 11 is 3.35. The normalized spacial score (nSPS) is 10.8. The lowest BCUT2D eigenvalue weighted by atomic mass is 10.2. The fourth-order valence-corrected chi connectivity index (χ4v) is 3.21. The maximum Gasteiger partial charge on any atom is 0.338 e. The summed E-state index contributed by atoms with van der Waals surface area (Å²) in [7, 11) is 1.52. The van der Waals surface area contributed by atoms with Gasteiger partial charge in [0.05, 0.1) is 23.8 Å². The van der Waals surface area contributed by atoms with E-state index in [-0.39, 0.29) is 30.2 Å². The summed E-state index contributed by atoms with van der Waals surface area (Å²) in [4.78, 5) is 26.3. The molecule has 0 aliphatic rings. The van der Waals surface area contributed by atoms with Crippen LogP contribution in [0.3, 0.4) is 0 Å². The highest BCUT2D eigenvalue weighted by Crippen LogP contribution is 2.36. The summed E-state index contributed by atoms with van der Waals surface area (Å²) in [6, 6.07) is 3.19. The monoisotopic (exact) mass is 415 g/mol. The van der Waals surface area contributed by atoms with Gasteiger partial charge in [-0.3, -0.25) is 4.79 Å². The minimum atomic E-state index is -0.592. The van der Waals surface area contributed by atoms with Crippen LogP contribution in [0.15, 0.2) is 16.6 Å². The molecule has 0 aliphatic heterocycles. The van der Waals surface area contributed by atoms with Gasteiger partial charge in [0.1, 0.15) is 0 Å². The average Bonchev–Trinajstić information content (AvgIpc) is 2.51. The molecular weight excluding hydrogens is 390 g/mol. The van der Waals surface area contributed by atoms with E-state index in [0.717, 1.165) is 0 Å². The third kappa shape index (κ3) is 5.63. The molecule has 0 spiro atoms. The fraction of sp³-hybridized carbons (Fsp3) is 0.556. The Morgan fingerprint density at radius 1 is 1.16 bits per heavy atom. The second-order valence-electron chi connectivity index (χ2n) is 5.99. The zero-order valence-corrected chi connectivity index (χ0v) is 17.2. The number of halogens is 1. The van der Waals surface area contributed by atoms with Crippen LogP contribution in [-0.4, -0.2) is 49.2 Å². The van der Waals surface area contributed by atoms with E-state index in [1.807, 2.05) is 34.6 Å². The Balaban J connectivity index is 2.89. The van der Waals surface area contributed by atoms with Crippen LogP contribution in [0.25, 0.3) is 0 Å². The van der Waals surface area contributed by atoms with Crippen molar-refractivity contribution in [3.63, 3.8) is 0 Å². The molecule has 1 aromatic rings. The van der Waals surface area contributed by atoms with Gasteiger partial charge < -0.3 is 19.1 Å². The second-order valence-corrected chi connectivity index (χ2v) is 6.84. The summed E-state index contributed by atoms with van der Waals surface area (Å²) in [6.07, 6.45) is 0. The zero-order valence-electron chi connectivity index (χ0n) is 15.6. The number of methoxy groups -OCH3 is 1. The summed E-state index contributed by atoms with van der Waals surface area (Å²) in [6.45, 7) is 9.66. The standard InChI is InChI=1S/C18H26BrNO5/c1-7-24-15-9-13(8-14(19)17(15)23-6)18(22)25-10-16(21)20(11(2)3)12(4)5/h8-9,11-12H,7,10H2,1-6H3. The Bertz CT molecular complexity index is 608. The topological polar surface area (TPSA) is 65.1 Å². The van der Waals surface area contributed by atoms with E-state index in [4.69, 9.17) is 14.2 Å². The van der Waals surface area contributed by atoms with E-state index in [2.05, 4.69) is 15.9 Å². The number of benzene rings is 1. The smallest absolute Gasteiger partial charge is 0.338 e. The second kappa shape index (κ2) is 9.65. The van der Waals surface area contributed by atoms with Gasteiger partial charge in [-0.1, -0.05) is 0 Å². The molecule has 0 N–H and O–H groups in total. The third-order valence-corrected chi connectivity index (χ3v) is 4.07. The molecule has 0 radical (unpaired) electrons. The summed E-state index contributed by atoms with van der Waals surface area (Å²) < 4.78 is 16.5. The Labute approximate surface area is 157 Å². The van der Waals surface area contributed by atoms with Crippen molar-refractivity contribution in [2.24, 2.45) is 0 Å². The van der Waals surface area contributed by atoms with E-state index in [0.29, 0.717) is 22.6 Å². The van der Waals surface area contributed by atoms with E-state index >= 15 is 0 Å². The molecule has 7 heteroatoms. The number of amides is 1. The fourth-order valence-electron chi connectivity index (χ4n) is 2.60. The number of esters is 1. The maximum atomic E-state index is 12.3. The molecular formula is C18H26BrNO5. The van der Waals surface area contributed by atoms with Crippen molar-refractivity contribution in [1.82, 2.24) is 4.90 Å². The van der Waals surface area contributed by atoms with Crippen molar-refractivity contribution < 1.29 is 23.8 Å². The van der Waals surface area contributed by atoms with Crippen molar-refractivity contribution in [2.75, 3.05) is 20.3 Å². The number of hydrogen-bond acceptors (Lipinski definition) is 5. The summed E-state index contributed by atoms with van der Waals surface area (Å²) in [5, 5.41) is 0. The van der Waals surface area contributed by atoms with Crippen LogP contribution in [-0.2, 0) is 9.53 Å². The van der Waals surface area contributed by atoms with Gasteiger partial charge in [-0.15, -0.1) is 0 Å². The molecule has 1 aromatic carbocycles. The van der Waals surface area contributed by atoms with Gasteiger partial charge in [-0.05, 0) is 62.7 Å². The number of ether oxygens (including phenoxy) is 3. The quantitative estimate of drug-likeness (QED) is 0.606. The average molecular weight is 416 g/mol. The van der Waals surface area contributed by atoms with Gasteiger partial charge in [-0.25, -0.2) is 4.79 Å². The molecule has 1 amide bonds. The molecule has 0 fully saturated rings. The molecule has 0 saturated carbocycles. The van der Waals surface area contributed by atoms with E-state index in [1.54, 1.807) is 17.0 Å². The van der Waals surface area contributed by atoms with Gasteiger partial charge in [0, 0.05) is 12.1 Å². The molecule has 140 valence electrons. The Morgan fingerprint density at radius 3 is 2.24 bits per heavy atom. The van der Waals surface area contributed by atoms with Gasteiger partial charge >= 0.3 is 5.97 Å². The third-order valence-electron chi connectivity index (χ3n) is 3.48. The molecule has 0 saturated heterocycles. The predicted molar refractivity (Wildman–Crippen MR) is 99.3 cm³/mol. The van der Waals surface area contributed by atoms with Crippen LogP contribution in [0.1, 0.15) is 45.0 Å². The van der Waals surface area contributed by atoms with Crippen molar-refractivity contribution >= 4 is 27.8 Å². The SMILES string of the molecule is CCOc1cc(C(=O)OCC(=O)N(C(C)C)C(C)C)cc(Br)c1OC. The highest BCUT2D eigenvalue weighted by molar-refractivity contribution is 9.10. The van der Waals surface area contributed by atoms with Crippen molar-refractivity contribution in [3.8, 4) is 11.5 Å². The van der Waals surface area contributed by atoms with Crippen LogP contribution < -0.4 is 9.47 Å². The molecule has 0 aromatic heterocycles. The lowest BCUT2D eigenvalue weighted by Crippen LogP contribution is -2.44. The van der Waals surface area contributed by atoms with E-state index in [1.165, 1.54) is 7.11 Å². The first-order valence-corrected chi connectivity index (χ1v) is 9.00. The lowest BCUT2D eigenvalue weighted by Gasteiger charge is -2.30. The molecule has 0 atom stereocenters. The van der Waals surface area contributed by atoms with Crippen LogP contribution in [0.5, 0.6) is 11.5 Å². The number of carbonyl (C=O) groups is 2. The van der Waals surface area contributed by atoms with Gasteiger partial charge in [0.2, 0.25) is 0 Å². The van der Waals surface area contributed by atoms with Gasteiger partial charge in [-0.2, -0.15) is 0 Å². The van der Waals surface area contributed by atoms with E-state index in [9.17, 15) is 9.59 Å². The minimum absolute atomic E-state index is 0.0332. The molecule has 1 rings (SSSR count). The first kappa shape index (κ1) is 21.3. The molecule has 0 unspecified atom stereocenters. The highest BCUT2D eigenvalue weighted by atomic mass is 79.9. The van der Waals surface area contributed by atoms with Crippen molar-refractivity contribution in [2.45, 2.75) is 46.7 Å². The Hall–Kier alpha value is -1.76. The van der Waals surface area contributed by atoms with E-state index < -0.39 is 5.97 Å². The van der Waals surface area contributed by atoms with Crippen LogP contribution in [0.4, 0.5) is 0 Å². The first-order chi connectivity index (χ1) is 11.7. The molecule has 0 heterocycles. The van der Waals surface area contributed by atoms with Crippen LogP contribution >= 0.6 is 15.9 Å². The molecule has 0 bridgehead atoms.